The molecule has 0 aliphatic heterocycles. The van der Waals surface area contributed by atoms with Crippen LogP contribution >= 0.6 is 0 Å². The van der Waals surface area contributed by atoms with Crippen molar-refractivity contribution in [3.8, 4) is 6.07 Å². The van der Waals surface area contributed by atoms with Gasteiger partial charge in [-0.1, -0.05) is 0 Å². The number of hydrogen-bond donors (Lipinski definition) is 1. The number of nitriles is 1. The maximum absolute atomic E-state index is 11.0. The van der Waals surface area contributed by atoms with Gasteiger partial charge in [-0.3, -0.25) is 0 Å². The molecule has 0 spiro atoms. The zero-order valence-electron chi connectivity index (χ0n) is 6.95. The van der Waals surface area contributed by atoms with Gasteiger partial charge in [-0.25, -0.2) is 13.1 Å². The Labute approximate surface area is 72.6 Å². The van der Waals surface area contributed by atoms with E-state index >= 15 is 0 Å². The number of sulfonamides is 1. The molecule has 1 aliphatic rings. The summed E-state index contributed by atoms with van der Waals surface area (Å²) in [6.07, 6.45) is 2.19. The quantitative estimate of drug-likeness (QED) is 0.686. The minimum atomic E-state index is -3.35. The third kappa shape index (κ3) is 2.80. The van der Waals surface area contributed by atoms with Gasteiger partial charge >= 0.3 is 0 Å². The smallest absolute Gasteiger partial charge is 0.211 e. The zero-order valence-corrected chi connectivity index (χ0v) is 7.76. The van der Waals surface area contributed by atoms with Crippen molar-refractivity contribution in [2.45, 2.75) is 25.8 Å². The van der Waals surface area contributed by atoms with Gasteiger partial charge < -0.3 is 0 Å². The van der Waals surface area contributed by atoms with Crippen LogP contribution in [0.4, 0.5) is 0 Å². The molecule has 0 aromatic heterocycles. The topological polar surface area (TPSA) is 70.0 Å². The number of rotatable bonds is 4. The highest BCUT2D eigenvalue weighted by Crippen LogP contribution is 2.32. The standard InChI is InChI=1S/C7H12N2O2S/c1-6(7-2-3-7)9-12(10,11)5-4-8/h6-7,9H,2-3,5H2,1H3. The third-order valence-electron chi connectivity index (χ3n) is 1.95. The molecule has 1 rings (SSSR count). The Bertz CT molecular complexity index is 287. The minimum Gasteiger partial charge on any atom is -0.211 e. The molecule has 0 heterocycles. The molecule has 4 nitrogen and oxygen atoms in total. The summed E-state index contributed by atoms with van der Waals surface area (Å²) in [5.74, 6) is 0.0443. The fraction of sp³-hybridized carbons (Fsp3) is 0.857. The molecular formula is C7H12N2O2S. The van der Waals surface area contributed by atoms with Crippen molar-refractivity contribution in [1.29, 1.82) is 5.26 Å². The van der Waals surface area contributed by atoms with Crippen LogP contribution in [0, 0.1) is 17.2 Å². The van der Waals surface area contributed by atoms with Crippen LogP contribution in [0.15, 0.2) is 0 Å². The largest absolute Gasteiger partial charge is 0.225 e. The first-order chi connectivity index (χ1) is 5.55. The van der Waals surface area contributed by atoms with Crippen LogP contribution in [-0.2, 0) is 10.0 Å². The lowest BCUT2D eigenvalue weighted by Gasteiger charge is -2.10. The average Bonchev–Trinajstić information content (AvgIpc) is 2.65. The second-order valence-corrected chi connectivity index (χ2v) is 4.92. The summed E-state index contributed by atoms with van der Waals surface area (Å²) in [5, 5.41) is 8.20. The first-order valence-electron chi connectivity index (χ1n) is 3.92. The summed E-state index contributed by atoms with van der Waals surface area (Å²) in [6, 6.07) is 1.61. The molecule has 12 heavy (non-hydrogen) atoms. The lowest BCUT2D eigenvalue weighted by Crippen LogP contribution is -2.35. The fourth-order valence-electron chi connectivity index (χ4n) is 1.10. The van der Waals surface area contributed by atoms with E-state index in [0.717, 1.165) is 12.8 Å². The lowest BCUT2D eigenvalue weighted by molar-refractivity contribution is 0.541. The minimum absolute atomic E-state index is 0.0108. The second-order valence-electron chi connectivity index (χ2n) is 3.16. The number of hydrogen-bond acceptors (Lipinski definition) is 3. The van der Waals surface area contributed by atoms with Gasteiger partial charge in [0, 0.05) is 6.04 Å². The molecule has 68 valence electrons. The molecule has 1 atom stereocenters. The Balaban J connectivity index is 2.44. The fourth-order valence-corrected chi connectivity index (χ4v) is 2.11. The monoisotopic (exact) mass is 188 g/mol. The van der Waals surface area contributed by atoms with Crippen molar-refractivity contribution in [1.82, 2.24) is 4.72 Å². The van der Waals surface area contributed by atoms with Crippen molar-refractivity contribution in [2.75, 3.05) is 5.75 Å². The SMILES string of the molecule is CC(NS(=O)(=O)CC#N)C1CC1. The number of nitrogens with one attached hydrogen (secondary N) is 1. The van der Waals surface area contributed by atoms with Gasteiger partial charge in [-0.15, -0.1) is 0 Å². The maximum Gasteiger partial charge on any atom is 0.225 e. The van der Waals surface area contributed by atoms with Crippen molar-refractivity contribution < 1.29 is 8.42 Å². The normalized spacial score (nSPS) is 20.0. The van der Waals surface area contributed by atoms with Gasteiger partial charge in [0.2, 0.25) is 10.0 Å². The molecule has 0 aromatic rings. The predicted molar refractivity (Wildman–Crippen MR) is 44.7 cm³/mol. The van der Waals surface area contributed by atoms with Crippen LogP contribution < -0.4 is 4.72 Å². The Kier molecular flexibility index (Phi) is 2.70. The van der Waals surface area contributed by atoms with E-state index in [-0.39, 0.29) is 6.04 Å². The second kappa shape index (κ2) is 3.42. The van der Waals surface area contributed by atoms with Crippen LogP contribution in [0.25, 0.3) is 0 Å². The van der Waals surface area contributed by atoms with Gasteiger partial charge in [-0.05, 0) is 25.7 Å². The van der Waals surface area contributed by atoms with E-state index in [4.69, 9.17) is 5.26 Å². The Hall–Kier alpha value is -0.600. The summed E-state index contributed by atoms with van der Waals surface area (Å²) in [6.45, 7) is 1.84. The first kappa shape index (κ1) is 9.49. The van der Waals surface area contributed by atoms with Crippen LogP contribution in [0.2, 0.25) is 0 Å². The number of nitrogens with zero attached hydrogens (tertiary/aromatic N) is 1. The van der Waals surface area contributed by atoms with Gasteiger partial charge in [0.25, 0.3) is 0 Å². The van der Waals surface area contributed by atoms with Crippen LogP contribution in [0.3, 0.4) is 0 Å². The third-order valence-corrected chi connectivity index (χ3v) is 3.19. The highest BCUT2D eigenvalue weighted by Gasteiger charge is 2.30. The lowest BCUT2D eigenvalue weighted by atomic mass is 10.2. The molecule has 0 saturated heterocycles. The Morgan fingerprint density at radius 3 is 2.67 bits per heavy atom. The van der Waals surface area contributed by atoms with Gasteiger partial charge in [0.15, 0.2) is 5.75 Å². The summed E-state index contributed by atoms with van der Waals surface area (Å²) < 4.78 is 24.5. The molecule has 1 fully saturated rings. The van der Waals surface area contributed by atoms with E-state index in [1.807, 2.05) is 6.92 Å². The van der Waals surface area contributed by atoms with E-state index in [1.54, 1.807) is 6.07 Å². The van der Waals surface area contributed by atoms with Crippen molar-refractivity contribution in [3.63, 3.8) is 0 Å². The molecule has 0 amide bonds. The summed E-state index contributed by atoms with van der Waals surface area (Å²) in [5.41, 5.74) is 0. The van der Waals surface area contributed by atoms with Crippen molar-refractivity contribution >= 4 is 10.0 Å². The Morgan fingerprint density at radius 2 is 2.25 bits per heavy atom. The predicted octanol–water partition coefficient (Wildman–Crippen LogP) is 0.228. The van der Waals surface area contributed by atoms with Crippen LogP contribution in [-0.4, -0.2) is 20.2 Å². The molecule has 0 bridgehead atoms. The van der Waals surface area contributed by atoms with Crippen molar-refractivity contribution in [3.05, 3.63) is 0 Å². The molecule has 1 saturated carbocycles. The highest BCUT2D eigenvalue weighted by molar-refractivity contribution is 7.89. The molecule has 1 N–H and O–H groups in total. The molecular weight excluding hydrogens is 176 g/mol. The summed E-state index contributed by atoms with van der Waals surface area (Å²) in [4.78, 5) is 0. The van der Waals surface area contributed by atoms with Gasteiger partial charge in [-0.2, -0.15) is 5.26 Å². The van der Waals surface area contributed by atoms with Crippen molar-refractivity contribution in [2.24, 2.45) is 5.92 Å². The van der Waals surface area contributed by atoms with Crippen LogP contribution in [0.1, 0.15) is 19.8 Å². The van der Waals surface area contributed by atoms with Crippen LogP contribution in [0.5, 0.6) is 0 Å². The Morgan fingerprint density at radius 1 is 1.67 bits per heavy atom. The van der Waals surface area contributed by atoms with Gasteiger partial charge in [0.1, 0.15) is 0 Å². The molecule has 0 radical (unpaired) electrons. The van der Waals surface area contributed by atoms with E-state index < -0.39 is 15.8 Å². The maximum atomic E-state index is 11.0. The van der Waals surface area contributed by atoms with Gasteiger partial charge in [0.05, 0.1) is 6.07 Å². The van der Waals surface area contributed by atoms with E-state index in [0.29, 0.717) is 5.92 Å². The first-order valence-corrected chi connectivity index (χ1v) is 5.57. The molecule has 5 heteroatoms. The average molecular weight is 188 g/mol. The summed E-state index contributed by atoms with van der Waals surface area (Å²) >= 11 is 0. The molecule has 1 unspecified atom stereocenters. The molecule has 1 aliphatic carbocycles. The van der Waals surface area contributed by atoms with E-state index in [2.05, 4.69) is 4.72 Å². The highest BCUT2D eigenvalue weighted by atomic mass is 32.2. The van der Waals surface area contributed by atoms with E-state index in [9.17, 15) is 8.42 Å². The molecule has 0 aromatic carbocycles. The summed E-state index contributed by atoms with van der Waals surface area (Å²) in [7, 11) is -3.35. The van der Waals surface area contributed by atoms with E-state index in [1.165, 1.54) is 0 Å². The zero-order chi connectivity index (χ0) is 9.19.